The zero-order valence-corrected chi connectivity index (χ0v) is 20.6. The fraction of sp³-hybridized carbons (Fsp3) is 0.259. The zero-order valence-electron chi connectivity index (χ0n) is 19.7. The minimum absolute atomic E-state index is 0.409. The minimum Gasteiger partial charge on any atom is -0.478 e. The Balaban J connectivity index is 1.51. The molecule has 0 radical (unpaired) electrons. The molecule has 0 unspecified atom stereocenters. The molecule has 3 aromatic carbocycles. The first kappa shape index (κ1) is 25.5. The van der Waals surface area contributed by atoms with Crippen LogP contribution in [0.15, 0.2) is 72.8 Å². The van der Waals surface area contributed by atoms with Gasteiger partial charge in [-0.15, -0.1) is 0 Å². The molecule has 4 aromatic rings. The highest BCUT2D eigenvalue weighted by molar-refractivity contribution is 7.22. The first-order valence-electron chi connectivity index (χ1n) is 11.3. The number of ether oxygens (including phenoxy) is 1. The molecule has 1 aromatic heterocycles. The molecule has 0 aliphatic heterocycles. The Bertz CT molecular complexity index is 1300. The molecular formula is C27H25F3N2O3S. The van der Waals surface area contributed by atoms with Gasteiger partial charge in [0.25, 0.3) is 0 Å². The first-order valence-corrected chi connectivity index (χ1v) is 12.1. The Kier molecular flexibility index (Phi) is 7.21. The summed E-state index contributed by atoms with van der Waals surface area (Å²) in [6.07, 6.45) is -3.72. The third-order valence-corrected chi connectivity index (χ3v) is 6.79. The van der Waals surface area contributed by atoms with Crippen LogP contribution in [-0.4, -0.2) is 28.2 Å². The maximum absolute atomic E-state index is 13.0. The van der Waals surface area contributed by atoms with Crippen LogP contribution < -0.4 is 9.64 Å². The van der Waals surface area contributed by atoms with Crippen molar-refractivity contribution in [1.29, 1.82) is 0 Å². The van der Waals surface area contributed by atoms with E-state index in [9.17, 15) is 23.1 Å². The average Bonchev–Trinajstić information content (AvgIpc) is 3.26. The molecule has 9 heteroatoms. The number of carboxylic acid groups (broad SMARTS) is 1. The molecule has 5 nitrogen and oxygen atoms in total. The summed E-state index contributed by atoms with van der Waals surface area (Å²) in [7, 11) is 0. The predicted molar refractivity (Wildman–Crippen MR) is 135 cm³/mol. The number of alkyl halides is 3. The molecule has 0 fully saturated rings. The lowest BCUT2D eigenvalue weighted by Gasteiger charge is -2.23. The molecular weight excluding hydrogens is 489 g/mol. The number of hydrogen-bond acceptors (Lipinski definition) is 5. The van der Waals surface area contributed by atoms with Crippen LogP contribution in [0.3, 0.4) is 0 Å². The lowest BCUT2D eigenvalue weighted by molar-refractivity contribution is -0.152. The highest BCUT2D eigenvalue weighted by atomic mass is 32.1. The fourth-order valence-electron chi connectivity index (χ4n) is 3.58. The molecule has 0 aliphatic carbocycles. The number of rotatable bonds is 9. The summed E-state index contributed by atoms with van der Waals surface area (Å²) in [5.74, 6) is -0.597. The molecule has 188 valence electrons. The van der Waals surface area contributed by atoms with Gasteiger partial charge in [0.2, 0.25) is 0 Å². The molecule has 0 aliphatic rings. The van der Waals surface area contributed by atoms with E-state index in [1.807, 2.05) is 36.4 Å². The number of aliphatic carboxylic acids is 1. The van der Waals surface area contributed by atoms with E-state index >= 15 is 0 Å². The second-order valence-electron chi connectivity index (χ2n) is 8.89. The SMILES string of the molecule is CC(C)(Oc1ccc(CCN(Cc2ccc(C(F)(F)F)cc2)c2nc3ccccc3s2)cc1)C(=O)O. The Morgan fingerprint density at radius 2 is 1.61 bits per heavy atom. The van der Waals surface area contributed by atoms with Gasteiger partial charge >= 0.3 is 12.1 Å². The summed E-state index contributed by atoms with van der Waals surface area (Å²) in [6, 6.07) is 20.2. The second-order valence-corrected chi connectivity index (χ2v) is 9.90. The number of anilines is 1. The van der Waals surface area contributed by atoms with E-state index in [2.05, 4.69) is 4.90 Å². The van der Waals surface area contributed by atoms with Gasteiger partial charge in [0.1, 0.15) is 5.75 Å². The van der Waals surface area contributed by atoms with Crippen molar-refractivity contribution in [2.45, 2.75) is 38.6 Å². The quantitative estimate of drug-likeness (QED) is 0.266. The summed E-state index contributed by atoms with van der Waals surface area (Å²) in [5, 5.41) is 10.0. The van der Waals surface area contributed by atoms with Crippen molar-refractivity contribution in [3.63, 3.8) is 0 Å². The van der Waals surface area contributed by atoms with E-state index in [4.69, 9.17) is 9.72 Å². The van der Waals surface area contributed by atoms with Crippen LogP contribution in [0.2, 0.25) is 0 Å². The number of hydrogen-bond donors (Lipinski definition) is 1. The highest BCUT2D eigenvalue weighted by Crippen LogP contribution is 2.32. The molecule has 1 N–H and O–H groups in total. The van der Waals surface area contributed by atoms with Crippen LogP contribution >= 0.6 is 11.3 Å². The van der Waals surface area contributed by atoms with Crippen LogP contribution in [0.4, 0.5) is 18.3 Å². The van der Waals surface area contributed by atoms with Gasteiger partial charge < -0.3 is 14.7 Å². The van der Waals surface area contributed by atoms with Gasteiger partial charge in [-0.2, -0.15) is 13.2 Å². The smallest absolute Gasteiger partial charge is 0.416 e. The minimum atomic E-state index is -4.37. The van der Waals surface area contributed by atoms with Crippen molar-refractivity contribution in [2.24, 2.45) is 0 Å². The number of para-hydroxylation sites is 1. The normalized spacial score (nSPS) is 12.0. The van der Waals surface area contributed by atoms with Crippen LogP contribution in [0, 0.1) is 0 Å². The number of thiazole rings is 1. The van der Waals surface area contributed by atoms with Gasteiger partial charge in [-0.05, 0) is 67.8 Å². The van der Waals surface area contributed by atoms with Gasteiger partial charge in [0.05, 0.1) is 15.8 Å². The van der Waals surface area contributed by atoms with Crippen LogP contribution in [0.25, 0.3) is 10.2 Å². The molecule has 4 rings (SSSR count). The number of aromatic nitrogens is 1. The molecule has 36 heavy (non-hydrogen) atoms. The summed E-state index contributed by atoms with van der Waals surface area (Å²) in [6.45, 7) is 3.97. The molecule has 0 saturated heterocycles. The molecule has 1 heterocycles. The van der Waals surface area contributed by atoms with E-state index in [1.165, 1.54) is 37.3 Å². The van der Waals surface area contributed by atoms with Crippen molar-refractivity contribution < 1.29 is 27.8 Å². The van der Waals surface area contributed by atoms with Crippen molar-refractivity contribution >= 4 is 32.7 Å². The van der Waals surface area contributed by atoms with E-state index in [0.29, 0.717) is 25.3 Å². The zero-order chi connectivity index (χ0) is 25.9. The van der Waals surface area contributed by atoms with Crippen LogP contribution in [-0.2, 0) is 23.9 Å². The standard InChI is InChI=1S/C27H25F3N2O3S/c1-26(2,24(33)34)35-21-13-9-18(10-14-21)15-16-32(25-31-22-5-3-4-6-23(22)36-25)17-19-7-11-20(12-8-19)27(28,29)30/h3-14H,15-17H2,1-2H3,(H,33,34). The number of fused-ring (bicyclic) bond motifs is 1. The Hall–Kier alpha value is -3.59. The topological polar surface area (TPSA) is 62.7 Å². The number of halogens is 3. The lowest BCUT2D eigenvalue weighted by atomic mass is 10.1. The molecule has 0 saturated carbocycles. The first-order chi connectivity index (χ1) is 17.0. The summed E-state index contributed by atoms with van der Waals surface area (Å²) < 4.78 is 45.5. The summed E-state index contributed by atoms with van der Waals surface area (Å²) in [5.41, 5.74) is 0.617. The van der Waals surface area contributed by atoms with E-state index in [-0.39, 0.29) is 0 Å². The monoisotopic (exact) mass is 514 g/mol. The Labute approximate surface area is 210 Å². The van der Waals surface area contributed by atoms with E-state index in [0.717, 1.165) is 38.6 Å². The van der Waals surface area contributed by atoms with Crippen molar-refractivity contribution in [2.75, 3.05) is 11.4 Å². The molecule has 0 bridgehead atoms. The Morgan fingerprint density at radius 1 is 0.972 bits per heavy atom. The van der Waals surface area contributed by atoms with Crippen molar-refractivity contribution in [3.05, 3.63) is 89.5 Å². The van der Waals surface area contributed by atoms with E-state index in [1.54, 1.807) is 12.1 Å². The number of carboxylic acids is 1. The number of benzene rings is 3. The third-order valence-electron chi connectivity index (χ3n) is 5.69. The summed E-state index contributed by atoms with van der Waals surface area (Å²) in [4.78, 5) is 18.1. The molecule has 0 amide bonds. The fourth-order valence-corrected chi connectivity index (χ4v) is 4.57. The number of carbonyl (C=O) groups is 1. The van der Waals surface area contributed by atoms with Gasteiger partial charge in [0, 0.05) is 13.1 Å². The largest absolute Gasteiger partial charge is 0.478 e. The van der Waals surface area contributed by atoms with E-state index < -0.39 is 23.3 Å². The predicted octanol–water partition coefficient (Wildman–Crippen LogP) is 6.81. The van der Waals surface area contributed by atoms with Crippen LogP contribution in [0.5, 0.6) is 5.75 Å². The van der Waals surface area contributed by atoms with Gasteiger partial charge in [-0.25, -0.2) is 9.78 Å². The second kappa shape index (κ2) is 10.2. The lowest BCUT2D eigenvalue weighted by Crippen LogP contribution is -2.37. The molecule has 0 spiro atoms. The Morgan fingerprint density at radius 3 is 2.22 bits per heavy atom. The third kappa shape index (κ3) is 6.15. The maximum Gasteiger partial charge on any atom is 0.416 e. The van der Waals surface area contributed by atoms with Crippen LogP contribution in [0.1, 0.15) is 30.5 Å². The van der Waals surface area contributed by atoms with Crippen molar-refractivity contribution in [3.8, 4) is 5.75 Å². The van der Waals surface area contributed by atoms with Crippen molar-refractivity contribution in [1.82, 2.24) is 4.98 Å². The maximum atomic E-state index is 13.0. The summed E-state index contributed by atoms with van der Waals surface area (Å²) >= 11 is 1.54. The average molecular weight is 515 g/mol. The highest BCUT2D eigenvalue weighted by Gasteiger charge is 2.30. The van der Waals surface area contributed by atoms with Gasteiger partial charge in [0.15, 0.2) is 10.7 Å². The van der Waals surface area contributed by atoms with Gasteiger partial charge in [-0.3, -0.25) is 0 Å². The molecule has 0 atom stereocenters. The van der Waals surface area contributed by atoms with Gasteiger partial charge in [-0.1, -0.05) is 47.7 Å². The number of nitrogens with zero attached hydrogens (tertiary/aromatic N) is 2.